The lowest BCUT2D eigenvalue weighted by atomic mass is 9.81. The van der Waals surface area contributed by atoms with Gasteiger partial charge in [0.25, 0.3) is 0 Å². The van der Waals surface area contributed by atoms with Gasteiger partial charge in [0.15, 0.2) is 11.5 Å². The standard InChI is InChI=1S/C12H18O2/c1-7-6-9(13)11(14)8(2)10(7)12(3,4)5/h6,13-14H,1-5H3. The molecule has 2 heteroatoms. The van der Waals surface area contributed by atoms with Gasteiger partial charge in [-0.25, -0.2) is 0 Å². The van der Waals surface area contributed by atoms with Crippen LogP contribution in [-0.4, -0.2) is 10.2 Å². The second-order valence-corrected chi connectivity index (χ2v) is 4.81. The van der Waals surface area contributed by atoms with E-state index in [0.717, 1.165) is 16.7 Å². The Morgan fingerprint density at radius 2 is 1.57 bits per heavy atom. The summed E-state index contributed by atoms with van der Waals surface area (Å²) in [6.45, 7) is 10.1. The van der Waals surface area contributed by atoms with Gasteiger partial charge in [-0.05, 0) is 42.0 Å². The van der Waals surface area contributed by atoms with Gasteiger partial charge < -0.3 is 10.2 Å². The van der Waals surface area contributed by atoms with Gasteiger partial charge in [-0.3, -0.25) is 0 Å². The normalized spacial score (nSPS) is 11.8. The minimum Gasteiger partial charge on any atom is -0.504 e. The number of aromatic hydroxyl groups is 2. The Labute approximate surface area is 85.2 Å². The van der Waals surface area contributed by atoms with Gasteiger partial charge in [-0.1, -0.05) is 20.8 Å². The molecule has 0 amide bonds. The molecule has 0 radical (unpaired) electrons. The molecule has 0 saturated heterocycles. The number of phenolic OH excluding ortho intramolecular Hbond substituents is 2. The fourth-order valence-electron chi connectivity index (χ4n) is 2.11. The van der Waals surface area contributed by atoms with Crippen LogP contribution >= 0.6 is 0 Å². The monoisotopic (exact) mass is 194 g/mol. The van der Waals surface area contributed by atoms with Gasteiger partial charge in [-0.15, -0.1) is 0 Å². The third-order valence-corrected chi connectivity index (χ3v) is 2.47. The summed E-state index contributed by atoms with van der Waals surface area (Å²) in [5.74, 6) is -0.0338. The molecular weight excluding hydrogens is 176 g/mol. The Kier molecular flexibility index (Phi) is 2.49. The highest BCUT2D eigenvalue weighted by Gasteiger charge is 2.22. The third kappa shape index (κ3) is 1.69. The molecule has 0 spiro atoms. The Morgan fingerprint density at radius 1 is 1.07 bits per heavy atom. The molecule has 2 N–H and O–H groups in total. The molecule has 1 aromatic carbocycles. The van der Waals surface area contributed by atoms with Crippen LogP contribution in [0.4, 0.5) is 0 Å². The van der Waals surface area contributed by atoms with E-state index in [1.54, 1.807) is 6.07 Å². The number of hydrogen-bond donors (Lipinski definition) is 2. The number of aryl methyl sites for hydroxylation is 1. The first-order valence-corrected chi connectivity index (χ1v) is 4.77. The number of rotatable bonds is 0. The Hall–Kier alpha value is -1.18. The lowest BCUT2D eigenvalue weighted by Crippen LogP contribution is -2.15. The maximum absolute atomic E-state index is 9.62. The van der Waals surface area contributed by atoms with Crippen LogP contribution in [0.2, 0.25) is 0 Å². The van der Waals surface area contributed by atoms with Crippen molar-refractivity contribution >= 4 is 0 Å². The van der Waals surface area contributed by atoms with Crippen LogP contribution in [0.25, 0.3) is 0 Å². The van der Waals surface area contributed by atoms with Crippen molar-refractivity contribution < 1.29 is 10.2 Å². The minimum atomic E-state index is -0.0343. The maximum Gasteiger partial charge on any atom is 0.160 e. The zero-order valence-corrected chi connectivity index (χ0v) is 9.47. The lowest BCUT2D eigenvalue weighted by molar-refractivity contribution is 0.397. The minimum absolute atomic E-state index is 0.000486. The summed E-state index contributed by atoms with van der Waals surface area (Å²) in [6, 6.07) is 1.61. The van der Waals surface area contributed by atoms with Crippen molar-refractivity contribution in [1.29, 1.82) is 0 Å². The van der Waals surface area contributed by atoms with Crippen LogP contribution in [-0.2, 0) is 5.41 Å². The zero-order valence-electron chi connectivity index (χ0n) is 9.47. The van der Waals surface area contributed by atoms with Crippen LogP contribution in [0.1, 0.15) is 37.5 Å². The number of benzene rings is 1. The van der Waals surface area contributed by atoms with Gasteiger partial charge in [-0.2, -0.15) is 0 Å². The van der Waals surface area contributed by atoms with Crippen molar-refractivity contribution in [3.05, 3.63) is 22.8 Å². The van der Waals surface area contributed by atoms with E-state index < -0.39 is 0 Å². The predicted octanol–water partition coefficient (Wildman–Crippen LogP) is 3.01. The van der Waals surface area contributed by atoms with Crippen LogP contribution in [0, 0.1) is 13.8 Å². The third-order valence-electron chi connectivity index (χ3n) is 2.47. The average molecular weight is 194 g/mol. The van der Waals surface area contributed by atoms with Crippen LogP contribution in [0.3, 0.4) is 0 Å². The quantitative estimate of drug-likeness (QED) is 0.623. The number of phenols is 2. The van der Waals surface area contributed by atoms with Crippen molar-refractivity contribution in [2.24, 2.45) is 0 Å². The van der Waals surface area contributed by atoms with Crippen LogP contribution in [0.5, 0.6) is 11.5 Å². The molecule has 0 aliphatic heterocycles. The van der Waals surface area contributed by atoms with Crippen molar-refractivity contribution in [2.45, 2.75) is 40.0 Å². The fourth-order valence-corrected chi connectivity index (χ4v) is 2.11. The second kappa shape index (κ2) is 3.19. The first-order valence-electron chi connectivity index (χ1n) is 4.77. The van der Waals surface area contributed by atoms with E-state index in [4.69, 9.17) is 0 Å². The van der Waals surface area contributed by atoms with E-state index in [0.29, 0.717) is 0 Å². The summed E-state index contributed by atoms with van der Waals surface area (Å²) in [4.78, 5) is 0. The lowest BCUT2D eigenvalue weighted by Gasteiger charge is -2.25. The Balaban J connectivity index is 3.53. The highest BCUT2D eigenvalue weighted by Crippen LogP contribution is 2.38. The van der Waals surface area contributed by atoms with Gasteiger partial charge in [0.1, 0.15) is 0 Å². The molecule has 0 saturated carbocycles. The average Bonchev–Trinajstić information content (AvgIpc) is 1.97. The first-order chi connectivity index (χ1) is 6.25. The van der Waals surface area contributed by atoms with E-state index >= 15 is 0 Å². The van der Waals surface area contributed by atoms with E-state index in [-0.39, 0.29) is 16.9 Å². The molecule has 0 aromatic heterocycles. The van der Waals surface area contributed by atoms with Gasteiger partial charge in [0.05, 0.1) is 0 Å². The molecule has 0 bridgehead atoms. The van der Waals surface area contributed by atoms with E-state index in [1.165, 1.54) is 0 Å². The first kappa shape index (κ1) is 10.9. The molecule has 0 aliphatic rings. The SMILES string of the molecule is Cc1cc(O)c(O)c(C)c1C(C)(C)C. The highest BCUT2D eigenvalue weighted by molar-refractivity contribution is 5.54. The summed E-state index contributed by atoms with van der Waals surface area (Å²) in [6.07, 6.45) is 0. The Bertz CT molecular complexity index is 360. The molecule has 14 heavy (non-hydrogen) atoms. The van der Waals surface area contributed by atoms with E-state index in [1.807, 2.05) is 13.8 Å². The van der Waals surface area contributed by atoms with Gasteiger partial charge >= 0.3 is 0 Å². The van der Waals surface area contributed by atoms with Gasteiger partial charge in [0, 0.05) is 0 Å². The highest BCUT2D eigenvalue weighted by atomic mass is 16.3. The van der Waals surface area contributed by atoms with Crippen LogP contribution < -0.4 is 0 Å². The summed E-state index contributed by atoms with van der Waals surface area (Å²) in [5, 5.41) is 19.0. The molecule has 0 fully saturated rings. The van der Waals surface area contributed by atoms with Crippen LogP contribution in [0.15, 0.2) is 6.07 Å². The Morgan fingerprint density at radius 3 is 2.00 bits per heavy atom. The van der Waals surface area contributed by atoms with Crippen molar-refractivity contribution in [3.63, 3.8) is 0 Å². The summed E-state index contributed by atoms with van der Waals surface area (Å²) >= 11 is 0. The molecule has 1 aromatic rings. The fraction of sp³-hybridized carbons (Fsp3) is 0.500. The summed E-state index contributed by atoms with van der Waals surface area (Å²) in [5.41, 5.74) is 2.88. The molecular formula is C12H18O2. The predicted molar refractivity (Wildman–Crippen MR) is 57.9 cm³/mol. The molecule has 0 unspecified atom stereocenters. The molecule has 0 aliphatic carbocycles. The number of hydrogen-bond acceptors (Lipinski definition) is 2. The smallest absolute Gasteiger partial charge is 0.160 e. The van der Waals surface area contributed by atoms with Gasteiger partial charge in [0.2, 0.25) is 0 Å². The molecule has 0 heterocycles. The van der Waals surface area contributed by atoms with E-state index in [9.17, 15) is 10.2 Å². The molecule has 1 rings (SSSR count). The molecule has 0 atom stereocenters. The van der Waals surface area contributed by atoms with E-state index in [2.05, 4.69) is 20.8 Å². The molecule has 2 nitrogen and oxygen atoms in total. The second-order valence-electron chi connectivity index (χ2n) is 4.81. The maximum atomic E-state index is 9.62. The van der Waals surface area contributed by atoms with Crippen molar-refractivity contribution in [2.75, 3.05) is 0 Å². The topological polar surface area (TPSA) is 40.5 Å². The largest absolute Gasteiger partial charge is 0.504 e. The van der Waals surface area contributed by atoms with Crippen molar-refractivity contribution in [3.8, 4) is 11.5 Å². The van der Waals surface area contributed by atoms with Crippen molar-refractivity contribution in [1.82, 2.24) is 0 Å². The summed E-state index contributed by atoms with van der Waals surface area (Å²) < 4.78 is 0. The molecule has 78 valence electrons. The summed E-state index contributed by atoms with van der Waals surface area (Å²) in [7, 11) is 0. The zero-order chi connectivity index (χ0) is 11.1.